The van der Waals surface area contributed by atoms with Crippen LogP contribution < -0.4 is 11.2 Å². The molecule has 0 aliphatic heterocycles. The van der Waals surface area contributed by atoms with Gasteiger partial charge < -0.3 is 5.73 Å². The molecule has 0 aliphatic carbocycles. The fraction of sp³-hybridized carbons (Fsp3) is 0.143. The molecule has 0 heterocycles. The van der Waals surface area contributed by atoms with Gasteiger partial charge in [0.05, 0.1) is 0 Å². The van der Waals surface area contributed by atoms with Crippen molar-refractivity contribution in [2.75, 3.05) is 0 Å². The smallest absolute Gasteiger partial charge is 0.0178 e. The van der Waals surface area contributed by atoms with Crippen molar-refractivity contribution in [1.82, 2.24) is 0 Å². The molecular weight excluding hydrogens is 193 g/mol. The van der Waals surface area contributed by atoms with Gasteiger partial charge >= 0.3 is 0 Å². The highest BCUT2D eigenvalue weighted by molar-refractivity contribution is 6.52. The van der Waals surface area contributed by atoms with Gasteiger partial charge in [0.1, 0.15) is 0 Å². The van der Waals surface area contributed by atoms with Gasteiger partial charge in [0, 0.05) is 6.54 Å². The molecule has 0 bridgehead atoms. The lowest BCUT2D eigenvalue weighted by molar-refractivity contribution is 1.07. The van der Waals surface area contributed by atoms with E-state index in [1.165, 1.54) is 16.6 Å². The molecule has 0 unspecified atom stereocenters. The fourth-order valence-corrected chi connectivity index (χ4v) is 1.64. The highest BCUT2D eigenvalue weighted by Gasteiger charge is 1.88. The first-order valence-electron chi connectivity index (χ1n) is 5.54. The summed E-state index contributed by atoms with van der Waals surface area (Å²) in [5.41, 5.74) is 9.33. The van der Waals surface area contributed by atoms with E-state index < -0.39 is 0 Å². The third kappa shape index (κ3) is 2.98. The topological polar surface area (TPSA) is 26.0 Å². The van der Waals surface area contributed by atoms with Crippen LogP contribution in [0.25, 0.3) is 0 Å². The molecule has 0 fully saturated rings. The monoisotopic (exact) mass is 208 g/mol. The SMILES string of the molecule is NCc1ccc(C[B-]c2ccccc2)cc1. The predicted octanol–water partition coefficient (Wildman–Crippen LogP) is 1.68. The van der Waals surface area contributed by atoms with Crippen LogP contribution in [0.2, 0.25) is 0 Å². The summed E-state index contributed by atoms with van der Waals surface area (Å²) in [4.78, 5) is 0. The second-order valence-corrected chi connectivity index (χ2v) is 3.84. The van der Waals surface area contributed by atoms with Gasteiger partial charge in [0.15, 0.2) is 0 Å². The second kappa shape index (κ2) is 5.52. The fourth-order valence-electron chi connectivity index (χ4n) is 1.64. The van der Waals surface area contributed by atoms with Crippen molar-refractivity contribution in [2.45, 2.75) is 12.9 Å². The quantitative estimate of drug-likeness (QED) is 0.760. The maximum absolute atomic E-state index is 5.56. The minimum Gasteiger partial charge on any atom is -0.326 e. The highest BCUT2D eigenvalue weighted by Crippen LogP contribution is 2.03. The molecular formula is C14H15BN-. The van der Waals surface area contributed by atoms with Crippen molar-refractivity contribution in [3.8, 4) is 0 Å². The van der Waals surface area contributed by atoms with Crippen LogP contribution in [0.1, 0.15) is 11.1 Å². The van der Waals surface area contributed by atoms with E-state index in [1.807, 2.05) is 6.07 Å². The van der Waals surface area contributed by atoms with E-state index in [-0.39, 0.29) is 0 Å². The Labute approximate surface area is 97.5 Å². The van der Waals surface area contributed by atoms with Crippen LogP contribution in [0.5, 0.6) is 0 Å². The first-order chi connectivity index (χ1) is 7.88. The molecule has 2 N–H and O–H groups in total. The van der Waals surface area contributed by atoms with Crippen molar-refractivity contribution >= 4 is 12.7 Å². The average molecular weight is 208 g/mol. The van der Waals surface area contributed by atoms with E-state index in [1.54, 1.807) is 0 Å². The molecule has 0 saturated heterocycles. The number of rotatable bonds is 4. The molecule has 16 heavy (non-hydrogen) atoms. The van der Waals surface area contributed by atoms with Gasteiger partial charge in [-0.1, -0.05) is 48.0 Å². The molecule has 2 rings (SSSR count). The zero-order chi connectivity index (χ0) is 11.2. The van der Waals surface area contributed by atoms with Crippen LogP contribution in [0.3, 0.4) is 0 Å². The zero-order valence-corrected chi connectivity index (χ0v) is 9.27. The normalized spacial score (nSPS) is 10.3. The Kier molecular flexibility index (Phi) is 3.78. The van der Waals surface area contributed by atoms with E-state index in [0.717, 1.165) is 6.32 Å². The lowest BCUT2D eigenvalue weighted by Gasteiger charge is -2.15. The van der Waals surface area contributed by atoms with Crippen molar-refractivity contribution in [2.24, 2.45) is 5.73 Å². The lowest BCUT2D eigenvalue weighted by Crippen LogP contribution is -2.15. The number of nitrogens with two attached hydrogens (primary N) is 1. The number of hydrogen-bond acceptors (Lipinski definition) is 1. The zero-order valence-electron chi connectivity index (χ0n) is 9.27. The van der Waals surface area contributed by atoms with Gasteiger partial charge in [-0.15, -0.1) is 12.1 Å². The molecule has 80 valence electrons. The summed E-state index contributed by atoms with van der Waals surface area (Å²) in [6, 6.07) is 18.9. The Balaban J connectivity index is 1.94. The van der Waals surface area contributed by atoms with Gasteiger partial charge in [0.2, 0.25) is 0 Å². The molecule has 2 aromatic rings. The van der Waals surface area contributed by atoms with Gasteiger partial charge in [0.25, 0.3) is 0 Å². The van der Waals surface area contributed by atoms with E-state index in [0.29, 0.717) is 6.54 Å². The van der Waals surface area contributed by atoms with Gasteiger partial charge in [-0.25, -0.2) is 6.32 Å². The first kappa shape index (κ1) is 11.0. The van der Waals surface area contributed by atoms with Crippen LogP contribution in [0, 0.1) is 0 Å². The van der Waals surface area contributed by atoms with Crippen molar-refractivity contribution in [3.05, 3.63) is 65.7 Å². The maximum Gasteiger partial charge on any atom is 0.0178 e. The summed E-state index contributed by atoms with van der Waals surface area (Å²) in [7, 11) is 2.23. The average Bonchev–Trinajstić information content (AvgIpc) is 2.38. The summed E-state index contributed by atoms with van der Waals surface area (Å²) in [5.74, 6) is 0. The van der Waals surface area contributed by atoms with Crippen molar-refractivity contribution in [1.29, 1.82) is 0 Å². The predicted molar refractivity (Wildman–Crippen MR) is 69.9 cm³/mol. The van der Waals surface area contributed by atoms with Gasteiger partial charge in [-0.3, -0.25) is 12.7 Å². The molecule has 0 atom stereocenters. The van der Waals surface area contributed by atoms with Crippen molar-refractivity contribution < 1.29 is 0 Å². The summed E-state index contributed by atoms with van der Waals surface area (Å²) < 4.78 is 0. The van der Waals surface area contributed by atoms with E-state index in [9.17, 15) is 0 Å². The van der Waals surface area contributed by atoms with E-state index >= 15 is 0 Å². The molecule has 0 amide bonds. The third-order valence-corrected chi connectivity index (χ3v) is 2.63. The Morgan fingerprint density at radius 3 is 2.06 bits per heavy atom. The first-order valence-corrected chi connectivity index (χ1v) is 5.54. The third-order valence-electron chi connectivity index (χ3n) is 2.63. The Hall–Kier alpha value is -1.54. The highest BCUT2D eigenvalue weighted by atomic mass is 14.5. The molecule has 0 spiro atoms. The van der Waals surface area contributed by atoms with Crippen molar-refractivity contribution in [3.63, 3.8) is 0 Å². The molecule has 0 saturated carbocycles. The molecule has 2 aromatic carbocycles. The van der Waals surface area contributed by atoms with Crippen LogP contribution in [0.15, 0.2) is 54.6 Å². The Morgan fingerprint density at radius 1 is 0.812 bits per heavy atom. The summed E-state index contributed by atoms with van der Waals surface area (Å²) in [5, 5.41) is 0. The summed E-state index contributed by atoms with van der Waals surface area (Å²) >= 11 is 0. The number of benzene rings is 2. The van der Waals surface area contributed by atoms with Gasteiger partial charge in [-0.2, -0.15) is 0 Å². The summed E-state index contributed by atoms with van der Waals surface area (Å²) in [6.07, 6.45) is 0.967. The van der Waals surface area contributed by atoms with Crippen LogP contribution in [-0.2, 0) is 12.9 Å². The minimum atomic E-state index is 0.614. The van der Waals surface area contributed by atoms with E-state index in [2.05, 4.69) is 55.8 Å². The van der Waals surface area contributed by atoms with Crippen LogP contribution in [-0.4, -0.2) is 7.28 Å². The number of hydrogen-bond donors (Lipinski definition) is 1. The Bertz CT molecular complexity index is 422. The van der Waals surface area contributed by atoms with E-state index in [4.69, 9.17) is 5.73 Å². The summed E-state index contributed by atoms with van der Waals surface area (Å²) in [6.45, 7) is 0.614. The minimum absolute atomic E-state index is 0.614. The molecule has 2 radical (unpaired) electrons. The molecule has 2 heteroatoms. The second-order valence-electron chi connectivity index (χ2n) is 3.84. The molecule has 0 aliphatic rings. The largest absolute Gasteiger partial charge is 0.326 e. The Morgan fingerprint density at radius 2 is 1.44 bits per heavy atom. The van der Waals surface area contributed by atoms with Gasteiger partial charge in [-0.05, 0) is 5.56 Å². The van der Waals surface area contributed by atoms with Crippen LogP contribution in [0.4, 0.5) is 0 Å². The van der Waals surface area contributed by atoms with Crippen LogP contribution >= 0.6 is 0 Å². The molecule has 1 nitrogen and oxygen atoms in total. The standard InChI is InChI=1S/C14H15BN/c16-11-13-8-6-12(7-9-13)10-15-14-4-2-1-3-5-14/h1-9H,10-11,16H2/q-1. The molecule has 0 aromatic heterocycles. The lowest BCUT2D eigenvalue weighted by atomic mass is 9.65. The maximum atomic E-state index is 5.56.